The van der Waals surface area contributed by atoms with Gasteiger partial charge < -0.3 is 19.1 Å². The predicted octanol–water partition coefficient (Wildman–Crippen LogP) is 3.73. The number of Topliss-reactive ketones (excluding diaryl/α,β-unsaturated/α-hetero) is 1. The van der Waals surface area contributed by atoms with Crippen LogP contribution in [0.3, 0.4) is 0 Å². The highest BCUT2D eigenvalue weighted by atomic mass is 16.5. The molecule has 0 saturated carbocycles. The molecule has 0 radical (unpaired) electrons. The number of likely N-dealkylation sites (tertiary alicyclic amines) is 1. The van der Waals surface area contributed by atoms with E-state index in [1.807, 2.05) is 6.07 Å². The van der Waals surface area contributed by atoms with Crippen molar-refractivity contribution in [3.05, 3.63) is 71.0 Å². The number of rotatable bonds is 4. The van der Waals surface area contributed by atoms with E-state index in [4.69, 9.17) is 9.47 Å². The number of methoxy groups -OCH3 is 2. The van der Waals surface area contributed by atoms with E-state index >= 15 is 0 Å². The molecule has 0 amide bonds. The molecule has 0 aromatic heterocycles. The van der Waals surface area contributed by atoms with Gasteiger partial charge in [0.05, 0.1) is 27.8 Å². The summed E-state index contributed by atoms with van der Waals surface area (Å²) in [4.78, 5) is 13.0. The van der Waals surface area contributed by atoms with E-state index in [2.05, 4.69) is 49.5 Å². The minimum absolute atomic E-state index is 0.0201. The molecule has 0 spiro atoms. The number of phenolic OH excluding ortho intramolecular Hbond substituents is 1. The van der Waals surface area contributed by atoms with Crippen molar-refractivity contribution in [3.8, 4) is 11.5 Å². The van der Waals surface area contributed by atoms with Crippen molar-refractivity contribution in [1.29, 1.82) is 0 Å². The maximum absolute atomic E-state index is 13.0. The topological polar surface area (TPSA) is 55.8 Å². The summed E-state index contributed by atoms with van der Waals surface area (Å²) in [5.41, 5.74) is 2.96. The van der Waals surface area contributed by atoms with Crippen molar-refractivity contribution in [2.75, 3.05) is 27.8 Å². The molecule has 1 saturated heterocycles. The molecule has 3 aliphatic rings. The van der Waals surface area contributed by atoms with Crippen LogP contribution in [-0.2, 0) is 27.9 Å². The van der Waals surface area contributed by atoms with Gasteiger partial charge in [0.2, 0.25) is 0 Å². The number of ether oxygens (including phenoxy) is 2. The average molecular weight is 421 g/mol. The Morgan fingerprint density at radius 2 is 1.90 bits per heavy atom. The number of benzene rings is 2. The molecule has 2 aromatic carbocycles. The van der Waals surface area contributed by atoms with Crippen LogP contribution in [0, 0.1) is 5.92 Å². The summed E-state index contributed by atoms with van der Waals surface area (Å²) in [5.74, 6) is 1.28. The molecule has 1 N–H and O–H groups in total. The van der Waals surface area contributed by atoms with Crippen LogP contribution in [-0.4, -0.2) is 49.2 Å². The molecule has 31 heavy (non-hydrogen) atoms. The van der Waals surface area contributed by atoms with Crippen LogP contribution in [0.15, 0.2) is 54.3 Å². The van der Waals surface area contributed by atoms with Gasteiger partial charge >= 0.3 is 0 Å². The van der Waals surface area contributed by atoms with Gasteiger partial charge in [0.15, 0.2) is 23.0 Å². The fourth-order valence-corrected chi connectivity index (χ4v) is 6.49. The van der Waals surface area contributed by atoms with Gasteiger partial charge in [-0.1, -0.05) is 36.4 Å². The van der Waals surface area contributed by atoms with Crippen molar-refractivity contribution in [3.63, 3.8) is 0 Å². The van der Waals surface area contributed by atoms with Crippen LogP contribution >= 0.6 is 0 Å². The lowest BCUT2D eigenvalue weighted by molar-refractivity contribution is -0.956. The van der Waals surface area contributed by atoms with Crippen molar-refractivity contribution in [1.82, 2.24) is 0 Å². The molecule has 5 heteroatoms. The molecule has 2 bridgehead atoms. The minimum atomic E-state index is -0.412. The van der Waals surface area contributed by atoms with E-state index in [0.717, 1.165) is 41.5 Å². The summed E-state index contributed by atoms with van der Waals surface area (Å²) >= 11 is 0. The molecule has 1 heterocycles. The number of likely N-dealkylation sites (N-methyl/N-ethyl adjacent to an activating group) is 1. The molecule has 4 atom stereocenters. The quantitative estimate of drug-likeness (QED) is 0.766. The number of allylic oxidation sites excluding steroid dienone is 1. The van der Waals surface area contributed by atoms with Gasteiger partial charge in [0.1, 0.15) is 12.6 Å². The molecular weight excluding hydrogens is 390 g/mol. The molecule has 1 aliphatic heterocycles. The number of hydrogen-bond acceptors (Lipinski definition) is 4. The van der Waals surface area contributed by atoms with E-state index in [9.17, 15) is 9.90 Å². The summed E-state index contributed by atoms with van der Waals surface area (Å²) < 4.78 is 11.8. The fraction of sp³-hybridized carbons (Fsp3) is 0.423. The molecule has 5 nitrogen and oxygen atoms in total. The first kappa shape index (κ1) is 20.1. The molecule has 1 unspecified atom stereocenters. The van der Waals surface area contributed by atoms with E-state index in [1.165, 1.54) is 5.56 Å². The first-order valence-electron chi connectivity index (χ1n) is 11.0. The Balaban J connectivity index is 1.68. The Morgan fingerprint density at radius 1 is 1.13 bits per heavy atom. The maximum atomic E-state index is 13.0. The van der Waals surface area contributed by atoms with Crippen molar-refractivity contribution < 1.29 is 23.9 Å². The third-order valence-electron chi connectivity index (χ3n) is 7.98. The first-order chi connectivity index (χ1) is 14.9. The van der Waals surface area contributed by atoms with Crippen molar-refractivity contribution in [2.45, 2.75) is 37.3 Å². The van der Waals surface area contributed by atoms with E-state index in [0.29, 0.717) is 24.0 Å². The maximum Gasteiger partial charge on any atom is 0.197 e. The number of aromatic hydroxyl groups is 1. The number of ketones is 1. The highest BCUT2D eigenvalue weighted by Crippen LogP contribution is 2.59. The molecule has 2 aliphatic carbocycles. The summed E-state index contributed by atoms with van der Waals surface area (Å²) in [6.07, 6.45) is 4.11. The predicted molar refractivity (Wildman–Crippen MR) is 118 cm³/mol. The van der Waals surface area contributed by atoms with Crippen LogP contribution < -0.4 is 4.74 Å². The number of fused-ring (bicyclic) bond motifs is 1. The zero-order chi connectivity index (χ0) is 21.8. The largest absolute Gasteiger partial charge is 0.504 e. The monoisotopic (exact) mass is 420 g/mol. The zero-order valence-corrected chi connectivity index (χ0v) is 18.4. The molecule has 2 aromatic rings. The Hall–Kier alpha value is -2.79. The van der Waals surface area contributed by atoms with E-state index in [1.54, 1.807) is 14.2 Å². The van der Waals surface area contributed by atoms with E-state index in [-0.39, 0.29) is 17.5 Å². The second kappa shape index (κ2) is 7.13. The summed E-state index contributed by atoms with van der Waals surface area (Å²) in [7, 11) is 5.49. The number of nitrogens with zero attached hydrogens (tertiary/aromatic N) is 1. The Bertz CT molecular complexity index is 1060. The number of quaternary nitrogens is 1. The molecule has 1 fully saturated rings. The number of carbonyl (C=O) groups excluding carboxylic acids is 1. The first-order valence-corrected chi connectivity index (χ1v) is 11.0. The molecular formula is C26H30NO4+. The SMILES string of the molecule is COC1=C[C@H]2[C@@H]3Cc4ccc(OC)c(O)c4[C@]2(CC[N+]3(C)Cc2ccccc2)CC1=O. The second-order valence-electron chi connectivity index (χ2n) is 9.54. The normalized spacial score (nSPS) is 31.3. The van der Waals surface area contributed by atoms with Crippen LogP contribution in [0.2, 0.25) is 0 Å². The summed E-state index contributed by atoms with van der Waals surface area (Å²) in [6, 6.07) is 14.9. The highest BCUT2D eigenvalue weighted by Gasteiger charge is 2.61. The number of piperidine rings is 1. The smallest absolute Gasteiger partial charge is 0.197 e. The fourth-order valence-electron chi connectivity index (χ4n) is 6.49. The lowest BCUT2D eigenvalue weighted by Crippen LogP contribution is -2.68. The van der Waals surface area contributed by atoms with Gasteiger partial charge in [-0.2, -0.15) is 0 Å². The Morgan fingerprint density at radius 3 is 2.61 bits per heavy atom. The van der Waals surface area contributed by atoms with Gasteiger partial charge in [-0.05, 0) is 17.7 Å². The van der Waals surface area contributed by atoms with Gasteiger partial charge in [0.25, 0.3) is 0 Å². The lowest BCUT2D eigenvalue weighted by atomic mass is 9.53. The Labute approximate surface area is 183 Å². The number of carbonyl (C=O) groups is 1. The Kier molecular flexibility index (Phi) is 4.63. The van der Waals surface area contributed by atoms with Crippen LogP contribution in [0.25, 0.3) is 0 Å². The standard InChI is InChI=1S/C26H29NO4/c1-27(16-17-7-5-4-6-8-17)12-11-26-15-21(28)23(31-3)14-19(26)20(27)13-18-9-10-22(30-2)25(29)24(18)26/h4-10,14,19-20H,11-13,15-16H2,1-3H3/p+1/t19-,20-,26+,27?/m0/s1. The summed E-state index contributed by atoms with van der Waals surface area (Å²) in [6.45, 7) is 1.90. The zero-order valence-electron chi connectivity index (χ0n) is 18.4. The number of phenols is 1. The molecule has 162 valence electrons. The van der Waals surface area contributed by atoms with Crippen LogP contribution in [0.1, 0.15) is 29.5 Å². The minimum Gasteiger partial charge on any atom is -0.504 e. The van der Waals surface area contributed by atoms with Crippen LogP contribution in [0.4, 0.5) is 0 Å². The third-order valence-corrected chi connectivity index (χ3v) is 7.98. The third kappa shape index (κ3) is 2.90. The van der Waals surface area contributed by atoms with Gasteiger partial charge in [0, 0.05) is 41.7 Å². The van der Waals surface area contributed by atoms with Gasteiger partial charge in [-0.25, -0.2) is 0 Å². The average Bonchev–Trinajstić information content (AvgIpc) is 2.76. The number of hydrogen-bond donors (Lipinski definition) is 1. The van der Waals surface area contributed by atoms with Crippen molar-refractivity contribution in [2.24, 2.45) is 5.92 Å². The van der Waals surface area contributed by atoms with Gasteiger partial charge in [-0.15, -0.1) is 0 Å². The molecule has 5 rings (SSSR count). The van der Waals surface area contributed by atoms with E-state index < -0.39 is 5.41 Å². The van der Waals surface area contributed by atoms with Gasteiger partial charge in [-0.3, -0.25) is 4.79 Å². The summed E-state index contributed by atoms with van der Waals surface area (Å²) in [5, 5.41) is 11.2. The second-order valence-corrected chi connectivity index (χ2v) is 9.54. The van der Waals surface area contributed by atoms with Crippen molar-refractivity contribution >= 4 is 5.78 Å². The highest BCUT2D eigenvalue weighted by molar-refractivity contribution is 5.96. The lowest BCUT2D eigenvalue weighted by Gasteiger charge is -2.60. The van der Waals surface area contributed by atoms with Crippen LogP contribution in [0.5, 0.6) is 11.5 Å².